The third kappa shape index (κ3) is 2.67. The number of ether oxygens (including phenoxy) is 1. The SMILES string of the molecule is Cc1nc2cc(NC(=O)C3CCCO3)ccc2n1-c1ccccc1. The van der Waals surface area contributed by atoms with Gasteiger partial charge in [-0.25, -0.2) is 4.98 Å². The summed E-state index contributed by atoms with van der Waals surface area (Å²) >= 11 is 0. The first-order valence-corrected chi connectivity index (χ1v) is 8.19. The molecule has 2 aromatic carbocycles. The van der Waals surface area contributed by atoms with Gasteiger partial charge >= 0.3 is 0 Å². The zero-order chi connectivity index (χ0) is 16.5. The number of aryl methyl sites for hydroxylation is 1. The van der Waals surface area contributed by atoms with Gasteiger partial charge in [-0.15, -0.1) is 0 Å². The largest absolute Gasteiger partial charge is 0.368 e. The van der Waals surface area contributed by atoms with E-state index in [0.717, 1.165) is 41.1 Å². The fourth-order valence-corrected chi connectivity index (χ4v) is 3.19. The molecule has 0 spiro atoms. The highest BCUT2D eigenvalue weighted by atomic mass is 16.5. The molecule has 0 radical (unpaired) electrons. The monoisotopic (exact) mass is 321 g/mol. The van der Waals surface area contributed by atoms with Gasteiger partial charge in [-0.2, -0.15) is 0 Å². The summed E-state index contributed by atoms with van der Waals surface area (Å²) in [6, 6.07) is 15.9. The Morgan fingerprint density at radius 1 is 1.25 bits per heavy atom. The van der Waals surface area contributed by atoms with Gasteiger partial charge in [0.05, 0.1) is 11.0 Å². The third-order valence-electron chi connectivity index (χ3n) is 4.33. The summed E-state index contributed by atoms with van der Waals surface area (Å²) in [6.07, 6.45) is 1.40. The normalized spacial score (nSPS) is 17.3. The molecule has 1 atom stereocenters. The van der Waals surface area contributed by atoms with E-state index in [-0.39, 0.29) is 12.0 Å². The molecule has 5 heteroatoms. The molecule has 2 heterocycles. The second kappa shape index (κ2) is 6.09. The predicted molar refractivity (Wildman–Crippen MR) is 93.4 cm³/mol. The van der Waals surface area contributed by atoms with E-state index in [2.05, 4.69) is 27.0 Å². The highest BCUT2D eigenvalue weighted by Gasteiger charge is 2.23. The number of carbonyl (C=O) groups excluding carboxylic acids is 1. The Kier molecular flexibility index (Phi) is 3.78. The molecule has 1 unspecified atom stereocenters. The maximum Gasteiger partial charge on any atom is 0.253 e. The maximum absolute atomic E-state index is 12.2. The van der Waals surface area contributed by atoms with Crippen molar-refractivity contribution in [3.05, 3.63) is 54.4 Å². The van der Waals surface area contributed by atoms with Crippen LogP contribution in [0.15, 0.2) is 48.5 Å². The number of imidazole rings is 1. The quantitative estimate of drug-likeness (QED) is 0.804. The molecule has 1 aliphatic heterocycles. The highest BCUT2D eigenvalue weighted by molar-refractivity contribution is 5.96. The average molecular weight is 321 g/mol. The topological polar surface area (TPSA) is 56.1 Å². The first kappa shape index (κ1) is 14.9. The third-order valence-corrected chi connectivity index (χ3v) is 4.33. The van der Waals surface area contributed by atoms with Crippen molar-refractivity contribution in [3.63, 3.8) is 0 Å². The fraction of sp³-hybridized carbons (Fsp3) is 0.263. The number of benzene rings is 2. The number of amides is 1. The molecule has 0 bridgehead atoms. The van der Waals surface area contributed by atoms with Crippen LogP contribution in [0.1, 0.15) is 18.7 Å². The van der Waals surface area contributed by atoms with Gasteiger partial charge in [0, 0.05) is 18.0 Å². The van der Waals surface area contributed by atoms with E-state index in [1.54, 1.807) is 0 Å². The number of carbonyl (C=O) groups is 1. The van der Waals surface area contributed by atoms with E-state index >= 15 is 0 Å². The Labute approximate surface area is 140 Å². The lowest BCUT2D eigenvalue weighted by Gasteiger charge is -2.10. The molecular formula is C19H19N3O2. The van der Waals surface area contributed by atoms with Crippen LogP contribution in [-0.2, 0) is 9.53 Å². The van der Waals surface area contributed by atoms with Gasteiger partial charge in [0.25, 0.3) is 5.91 Å². The van der Waals surface area contributed by atoms with Crippen LogP contribution < -0.4 is 5.32 Å². The Hall–Kier alpha value is -2.66. The fourth-order valence-electron chi connectivity index (χ4n) is 3.19. The van der Waals surface area contributed by atoms with Crippen molar-refractivity contribution >= 4 is 22.6 Å². The molecule has 0 aliphatic carbocycles. The van der Waals surface area contributed by atoms with Crippen molar-refractivity contribution in [1.29, 1.82) is 0 Å². The van der Waals surface area contributed by atoms with Crippen molar-refractivity contribution in [2.75, 3.05) is 11.9 Å². The van der Waals surface area contributed by atoms with Crippen LogP contribution in [0.2, 0.25) is 0 Å². The zero-order valence-electron chi connectivity index (χ0n) is 13.5. The van der Waals surface area contributed by atoms with E-state index in [4.69, 9.17) is 4.74 Å². The van der Waals surface area contributed by atoms with Gasteiger partial charge < -0.3 is 10.1 Å². The molecule has 1 fully saturated rings. The molecule has 0 saturated carbocycles. The van der Waals surface area contributed by atoms with Crippen LogP contribution in [0.25, 0.3) is 16.7 Å². The van der Waals surface area contributed by atoms with Gasteiger partial charge in [-0.1, -0.05) is 18.2 Å². The summed E-state index contributed by atoms with van der Waals surface area (Å²) in [4.78, 5) is 16.8. The maximum atomic E-state index is 12.2. The number of aromatic nitrogens is 2. The second-order valence-electron chi connectivity index (χ2n) is 6.02. The van der Waals surface area contributed by atoms with E-state index in [1.807, 2.05) is 43.3 Å². The average Bonchev–Trinajstić information content (AvgIpc) is 3.22. The summed E-state index contributed by atoms with van der Waals surface area (Å²) in [6.45, 7) is 2.65. The molecule has 1 aliphatic rings. The second-order valence-corrected chi connectivity index (χ2v) is 6.02. The van der Waals surface area contributed by atoms with Crippen molar-refractivity contribution in [2.45, 2.75) is 25.9 Å². The van der Waals surface area contributed by atoms with Crippen molar-refractivity contribution in [2.24, 2.45) is 0 Å². The van der Waals surface area contributed by atoms with Crippen LogP contribution >= 0.6 is 0 Å². The van der Waals surface area contributed by atoms with Gasteiger partial charge in [0.1, 0.15) is 11.9 Å². The van der Waals surface area contributed by atoms with Crippen molar-refractivity contribution in [3.8, 4) is 5.69 Å². The first-order valence-electron chi connectivity index (χ1n) is 8.19. The minimum atomic E-state index is -0.329. The Balaban J connectivity index is 1.66. The van der Waals surface area contributed by atoms with Gasteiger partial charge in [-0.05, 0) is 50.1 Å². The number of hydrogen-bond donors (Lipinski definition) is 1. The summed E-state index contributed by atoms with van der Waals surface area (Å²) in [5, 5.41) is 2.93. The Morgan fingerprint density at radius 2 is 2.08 bits per heavy atom. The lowest BCUT2D eigenvalue weighted by Crippen LogP contribution is -2.26. The summed E-state index contributed by atoms with van der Waals surface area (Å²) in [5.74, 6) is 0.838. The highest BCUT2D eigenvalue weighted by Crippen LogP contribution is 2.24. The zero-order valence-corrected chi connectivity index (χ0v) is 13.5. The number of anilines is 1. The number of rotatable bonds is 3. The number of hydrogen-bond acceptors (Lipinski definition) is 3. The van der Waals surface area contributed by atoms with E-state index < -0.39 is 0 Å². The number of fused-ring (bicyclic) bond motifs is 1. The molecule has 24 heavy (non-hydrogen) atoms. The van der Waals surface area contributed by atoms with Crippen molar-refractivity contribution in [1.82, 2.24) is 9.55 Å². The first-order chi connectivity index (χ1) is 11.7. The van der Waals surface area contributed by atoms with Gasteiger partial charge in [-0.3, -0.25) is 9.36 Å². The molecule has 1 amide bonds. The summed E-state index contributed by atoms with van der Waals surface area (Å²) < 4.78 is 7.54. The van der Waals surface area contributed by atoms with Gasteiger partial charge in [0.15, 0.2) is 0 Å². The van der Waals surface area contributed by atoms with Crippen LogP contribution in [0.3, 0.4) is 0 Å². The minimum absolute atomic E-state index is 0.0777. The Bertz CT molecular complexity index is 880. The van der Waals surface area contributed by atoms with Crippen LogP contribution in [0.4, 0.5) is 5.69 Å². The lowest BCUT2D eigenvalue weighted by molar-refractivity contribution is -0.124. The number of para-hydroxylation sites is 1. The lowest BCUT2D eigenvalue weighted by atomic mass is 10.2. The molecule has 4 rings (SSSR count). The predicted octanol–water partition coefficient (Wildman–Crippen LogP) is 3.45. The van der Waals surface area contributed by atoms with Crippen LogP contribution in [-0.4, -0.2) is 28.2 Å². The molecule has 5 nitrogen and oxygen atoms in total. The van der Waals surface area contributed by atoms with E-state index in [9.17, 15) is 4.79 Å². The van der Waals surface area contributed by atoms with Crippen LogP contribution in [0, 0.1) is 6.92 Å². The molecule has 122 valence electrons. The molecule has 1 saturated heterocycles. The smallest absolute Gasteiger partial charge is 0.253 e. The van der Waals surface area contributed by atoms with Crippen LogP contribution in [0.5, 0.6) is 0 Å². The Morgan fingerprint density at radius 3 is 2.83 bits per heavy atom. The van der Waals surface area contributed by atoms with Gasteiger partial charge in [0.2, 0.25) is 0 Å². The number of nitrogens with one attached hydrogen (secondary N) is 1. The van der Waals surface area contributed by atoms with E-state index in [1.165, 1.54) is 0 Å². The standard InChI is InChI=1S/C19H19N3O2/c1-13-20-16-12-14(21-19(23)18-8-5-11-24-18)9-10-17(16)22(13)15-6-3-2-4-7-15/h2-4,6-7,9-10,12,18H,5,8,11H2,1H3,(H,21,23). The minimum Gasteiger partial charge on any atom is -0.368 e. The molecule has 3 aromatic rings. The molecule has 1 N–H and O–H groups in total. The summed E-state index contributed by atoms with van der Waals surface area (Å²) in [5.41, 5.74) is 3.71. The van der Waals surface area contributed by atoms with Crippen molar-refractivity contribution < 1.29 is 9.53 Å². The van der Waals surface area contributed by atoms with E-state index in [0.29, 0.717) is 6.61 Å². The molecular weight excluding hydrogens is 302 g/mol. The number of nitrogens with zero attached hydrogens (tertiary/aromatic N) is 2. The summed E-state index contributed by atoms with van der Waals surface area (Å²) in [7, 11) is 0. The molecule has 1 aromatic heterocycles.